The fourth-order valence-electron chi connectivity index (χ4n) is 3.21. The lowest BCUT2D eigenvalue weighted by Gasteiger charge is -2.44. The van der Waals surface area contributed by atoms with Crippen molar-refractivity contribution in [2.75, 3.05) is 0 Å². The average molecular weight is 282 g/mol. The van der Waals surface area contributed by atoms with Crippen molar-refractivity contribution in [3.8, 4) is 0 Å². The topological polar surface area (TPSA) is 27.7 Å². The van der Waals surface area contributed by atoms with E-state index in [9.17, 15) is 0 Å². The van der Waals surface area contributed by atoms with Gasteiger partial charge in [-0.15, -0.1) is 0 Å². The van der Waals surface area contributed by atoms with Gasteiger partial charge in [0.15, 0.2) is 0 Å². The molecule has 2 unspecified atom stereocenters. The van der Waals surface area contributed by atoms with Gasteiger partial charge < -0.3 is 4.74 Å². The number of ether oxygens (including phenoxy) is 1. The van der Waals surface area contributed by atoms with Crippen molar-refractivity contribution in [2.45, 2.75) is 37.3 Å². The van der Waals surface area contributed by atoms with Gasteiger partial charge in [0.25, 0.3) is 0 Å². The summed E-state index contributed by atoms with van der Waals surface area (Å²) in [6.07, 6.45) is 2.59. The second-order valence-corrected chi connectivity index (χ2v) is 5.78. The van der Waals surface area contributed by atoms with Gasteiger partial charge in [-0.05, 0) is 18.4 Å². The second-order valence-electron chi connectivity index (χ2n) is 5.78. The van der Waals surface area contributed by atoms with Gasteiger partial charge in [-0.3, -0.25) is 0 Å². The van der Waals surface area contributed by atoms with Crippen LogP contribution in [0, 0.1) is 0 Å². The van der Waals surface area contributed by atoms with Gasteiger partial charge in [0, 0.05) is 11.0 Å². The first-order chi connectivity index (χ1) is 10.4. The number of hydrogen-bond donors (Lipinski definition) is 0. The van der Waals surface area contributed by atoms with E-state index >= 15 is 0 Å². The Kier molecular flexibility index (Phi) is 3.26. The molecule has 4 rings (SSSR count). The van der Waals surface area contributed by atoms with Crippen molar-refractivity contribution in [2.24, 2.45) is 0 Å². The third-order valence-corrected chi connectivity index (χ3v) is 4.59. The molecule has 0 bridgehead atoms. The van der Waals surface area contributed by atoms with Crippen LogP contribution in [0.2, 0.25) is 0 Å². The highest BCUT2D eigenvalue weighted by atomic mass is 17.3. The molecule has 2 aromatic rings. The smallest absolute Gasteiger partial charge is 0.220 e. The minimum atomic E-state index is -0.433. The Balaban J connectivity index is 1.57. The number of hydrogen-bond acceptors (Lipinski definition) is 3. The molecule has 108 valence electrons. The molecule has 0 radical (unpaired) electrons. The maximum atomic E-state index is 6.06. The molecule has 1 saturated heterocycles. The molecular formula is C18H18O3. The Morgan fingerprint density at radius 1 is 0.810 bits per heavy atom. The molecule has 2 aromatic carbocycles. The van der Waals surface area contributed by atoms with Crippen molar-refractivity contribution >= 4 is 0 Å². The summed E-state index contributed by atoms with van der Waals surface area (Å²) >= 11 is 0. The van der Waals surface area contributed by atoms with Gasteiger partial charge >= 0.3 is 0 Å². The van der Waals surface area contributed by atoms with Crippen LogP contribution in [0.4, 0.5) is 0 Å². The summed E-state index contributed by atoms with van der Waals surface area (Å²) in [6.45, 7) is 0. The first kappa shape index (κ1) is 13.0. The molecule has 0 N–H and O–H groups in total. The van der Waals surface area contributed by atoms with Crippen LogP contribution in [0.15, 0.2) is 60.7 Å². The summed E-state index contributed by atoms with van der Waals surface area (Å²) in [5, 5.41) is 0. The molecule has 2 fully saturated rings. The fourth-order valence-corrected chi connectivity index (χ4v) is 3.21. The highest BCUT2D eigenvalue weighted by Crippen LogP contribution is 2.51. The lowest BCUT2D eigenvalue weighted by Crippen LogP contribution is -2.46. The number of rotatable bonds is 3. The third kappa shape index (κ3) is 2.18. The lowest BCUT2D eigenvalue weighted by molar-refractivity contribution is -0.313. The van der Waals surface area contributed by atoms with Gasteiger partial charge in [-0.25, -0.2) is 4.89 Å². The Bertz CT molecular complexity index is 592. The van der Waals surface area contributed by atoms with Crippen molar-refractivity contribution in [3.63, 3.8) is 0 Å². The summed E-state index contributed by atoms with van der Waals surface area (Å²) in [5.41, 5.74) is 2.20. The molecular weight excluding hydrogens is 264 g/mol. The zero-order chi connectivity index (χ0) is 14.1. The van der Waals surface area contributed by atoms with Crippen LogP contribution in [0.1, 0.15) is 36.7 Å². The van der Waals surface area contributed by atoms with Crippen molar-refractivity contribution in [1.82, 2.24) is 0 Å². The zero-order valence-electron chi connectivity index (χ0n) is 11.8. The van der Waals surface area contributed by atoms with Crippen LogP contribution in [0.5, 0.6) is 0 Å². The van der Waals surface area contributed by atoms with Crippen molar-refractivity contribution < 1.29 is 14.5 Å². The van der Waals surface area contributed by atoms with E-state index in [1.165, 1.54) is 12.0 Å². The molecule has 1 heterocycles. The molecule has 0 spiro atoms. The van der Waals surface area contributed by atoms with E-state index in [0.717, 1.165) is 18.4 Å². The Labute approximate surface area is 124 Å². The Hall–Kier alpha value is -1.68. The largest absolute Gasteiger partial charge is 0.312 e. The maximum absolute atomic E-state index is 6.06. The Morgan fingerprint density at radius 3 is 2.10 bits per heavy atom. The van der Waals surface area contributed by atoms with Gasteiger partial charge in [0.1, 0.15) is 0 Å². The first-order valence-electron chi connectivity index (χ1n) is 7.47. The minimum absolute atomic E-state index is 0.0647. The summed E-state index contributed by atoms with van der Waals surface area (Å²) in [4.78, 5) is 11.0. The van der Waals surface area contributed by atoms with Crippen LogP contribution >= 0.6 is 0 Å². The molecule has 21 heavy (non-hydrogen) atoms. The summed E-state index contributed by atoms with van der Waals surface area (Å²) in [7, 11) is 0. The van der Waals surface area contributed by atoms with Crippen molar-refractivity contribution in [1.29, 1.82) is 0 Å². The minimum Gasteiger partial charge on any atom is -0.312 e. The van der Waals surface area contributed by atoms with Gasteiger partial charge in [-0.1, -0.05) is 67.1 Å². The molecule has 2 atom stereocenters. The zero-order valence-corrected chi connectivity index (χ0v) is 11.8. The quantitative estimate of drug-likeness (QED) is 0.793. The maximum Gasteiger partial charge on any atom is 0.220 e. The summed E-state index contributed by atoms with van der Waals surface area (Å²) in [5.74, 6) is 0. The van der Waals surface area contributed by atoms with Crippen LogP contribution in [0.3, 0.4) is 0 Å². The van der Waals surface area contributed by atoms with E-state index in [1.807, 2.05) is 36.4 Å². The average Bonchev–Trinajstić information content (AvgIpc) is 2.98. The normalized spacial score (nSPS) is 27.2. The lowest BCUT2D eigenvalue weighted by atomic mass is 9.64. The molecule has 1 aliphatic carbocycles. The standard InChI is InChI=1S/C18H18O3/c1-3-8-14(9-4-1)16-19-17(21-20-16)18(12-7-13-18)15-10-5-2-6-11-15/h1-6,8-11,16-17H,7,12-13H2. The SMILES string of the molecule is c1ccc(C2OOC(C3(c4ccccc4)CCC3)O2)cc1. The molecule has 1 aliphatic heterocycles. The van der Waals surface area contributed by atoms with Crippen LogP contribution in [-0.2, 0) is 19.9 Å². The second kappa shape index (κ2) is 5.26. The monoisotopic (exact) mass is 282 g/mol. The van der Waals surface area contributed by atoms with E-state index < -0.39 is 6.29 Å². The highest BCUT2D eigenvalue weighted by Gasteiger charge is 2.51. The summed E-state index contributed by atoms with van der Waals surface area (Å²) in [6, 6.07) is 20.4. The molecule has 0 amide bonds. The number of benzene rings is 2. The molecule has 3 heteroatoms. The highest BCUT2D eigenvalue weighted by molar-refractivity contribution is 5.29. The van der Waals surface area contributed by atoms with E-state index in [2.05, 4.69) is 24.3 Å². The van der Waals surface area contributed by atoms with E-state index in [1.54, 1.807) is 0 Å². The third-order valence-electron chi connectivity index (χ3n) is 4.59. The predicted octanol–water partition coefficient (Wildman–Crippen LogP) is 4.11. The van der Waals surface area contributed by atoms with E-state index in [4.69, 9.17) is 14.5 Å². The molecule has 1 saturated carbocycles. The molecule has 0 aromatic heterocycles. The van der Waals surface area contributed by atoms with E-state index in [0.29, 0.717) is 0 Å². The van der Waals surface area contributed by atoms with E-state index in [-0.39, 0.29) is 11.7 Å². The van der Waals surface area contributed by atoms with Crippen LogP contribution < -0.4 is 0 Å². The Morgan fingerprint density at radius 2 is 1.48 bits per heavy atom. The van der Waals surface area contributed by atoms with Crippen LogP contribution in [0.25, 0.3) is 0 Å². The van der Waals surface area contributed by atoms with Gasteiger partial charge in [0.05, 0.1) is 0 Å². The molecule has 3 nitrogen and oxygen atoms in total. The van der Waals surface area contributed by atoms with Gasteiger partial charge in [0.2, 0.25) is 12.6 Å². The van der Waals surface area contributed by atoms with Crippen molar-refractivity contribution in [3.05, 3.63) is 71.8 Å². The summed E-state index contributed by atoms with van der Waals surface area (Å²) < 4.78 is 6.06. The van der Waals surface area contributed by atoms with Gasteiger partial charge in [-0.2, -0.15) is 4.89 Å². The van der Waals surface area contributed by atoms with Crippen LogP contribution in [-0.4, -0.2) is 6.29 Å². The predicted molar refractivity (Wildman–Crippen MR) is 78.2 cm³/mol. The fraction of sp³-hybridized carbons (Fsp3) is 0.333. The molecule has 2 aliphatic rings. The first-order valence-corrected chi connectivity index (χ1v) is 7.47.